The Morgan fingerprint density at radius 1 is 1.17 bits per heavy atom. The highest BCUT2D eigenvalue weighted by Crippen LogP contribution is 2.26. The summed E-state index contributed by atoms with van der Waals surface area (Å²) in [6, 6.07) is 16.5. The molecule has 0 aliphatic rings. The van der Waals surface area contributed by atoms with Gasteiger partial charge in [0.15, 0.2) is 5.58 Å². The van der Waals surface area contributed by atoms with Gasteiger partial charge in [-0.1, -0.05) is 24.3 Å². The van der Waals surface area contributed by atoms with Crippen molar-refractivity contribution >= 4 is 28.7 Å². The minimum atomic E-state index is -0.878. The number of benzene rings is 2. The van der Waals surface area contributed by atoms with Crippen LogP contribution in [-0.2, 0) is 4.79 Å². The van der Waals surface area contributed by atoms with Crippen molar-refractivity contribution in [1.82, 2.24) is 4.98 Å². The van der Waals surface area contributed by atoms with Gasteiger partial charge in [-0.05, 0) is 42.3 Å². The number of hydrogen-bond donors (Lipinski definition) is 1. The van der Waals surface area contributed by atoms with Crippen molar-refractivity contribution in [2.75, 3.05) is 0 Å². The molecule has 5 nitrogen and oxygen atoms in total. The van der Waals surface area contributed by atoms with E-state index >= 15 is 0 Å². The summed E-state index contributed by atoms with van der Waals surface area (Å²) in [5.41, 5.74) is 3.53. The van der Waals surface area contributed by atoms with Gasteiger partial charge in [0.05, 0.1) is 11.6 Å². The number of carboxylic acids is 1. The number of aromatic nitrogens is 1. The summed E-state index contributed by atoms with van der Waals surface area (Å²) >= 11 is 0. The van der Waals surface area contributed by atoms with E-state index in [1.165, 1.54) is 0 Å². The molecule has 1 heterocycles. The molecule has 118 valence electrons. The van der Waals surface area contributed by atoms with Crippen molar-refractivity contribution in [3.63, 3.8) is 0 Å². The Balaban J connectivity index is 1.99. The Morgan fingerprint density at radius 2 is 1.92 bits per heavy atom. The average Bonchev–Trinajstić information content (AvgIpc) is 3.03. The van der Waals surface area contributed by atoms with E-state index in [-0.39, 0.29) is 6.42 Å². The second-order valence-electron chi connectivity index (χ2n) is 5.28. The molecular weight excluding hydrogens is 304 g/mol. The zero-order chi connectivity index (χ0) is 16.9. The number of carboxylic acid groups (broad SMARTS) is 1. The molecule has 0 unspecified atom stereocenters. The van der Waals surface area contributed by atoms with Gasteiger partial charge in [-0.3, -0.25) is 4.79 Å². The number of carbonyl (C=O) groups is 1. The molecule has 0 bridgehead atoms. The first-order valence-electron chi connectivity index (χ1n) is 7.44. The summed E-state index contributed by atoms with van der Waals surface area (Å²) in [6.45, 7) is 0. The van der Waals surface area contributed by atoms with Gasteiger partial charge in [0.25, 0.3) is 0 Å². The third-order valence-corrected chi connectivity index (χ3v) is 3.56. The number of nitriles is 1. The van der Waals surface area contributed by atoms with E-state index in [1.54, 1.807) is 12.1 Å². The summed E-state index contributed by atoms with van der Waals surface area (Å²) in [7, 11) is 0. The Bertz CT molecular complexity index is 914. The average molecular weight is 318 g/mol. The van der Waals surface area contributed by atoms with E-state index in [1.807, 2.05) is 42.5 Å². The normalized spacial score (nSPS) is 11.4. The summed E-state index contributed by atoms with van der Waals surface area (Å²) in [5, 5.41) is 17.8. The monoisotopic (exact) mass is 318 g/mol. The molecule has 2 aromatic carbocycles. The third-order valence-electron chi connectivity index (χ3n) is 3.56. The highest BCUT2D eigenvalue weighted by atomic mass is 16.4. The Labute approximate surface area is 138 Å². The largest absolute Gasteiger partial charge is 0.481 e. The Morgan fingerprint density at radius 3 is 2.58 bits per heavy atom. The van der Waals surface area contributed by atoms with E-state index in [0.717, 1.165) is 11.1 Å². The fourth-order valence-corrected chi connectivity index (χ4v) is 2.35. The van der Waals surface area contributed by atoms with Crippen LogP contribution < -0.4 is 0 Å². The van der Waals surface area contributed by atoms with Crippen LogP contribution in [0.3, 0.4) is 0 Å². The topological polar surface area (TPSA) is 87.1 Å². The summed E-state index contributed by atoms with van der Waals surface area (Å²) in [4.78, 5) is 15.4. The van der Waals surface area contributed by atoms with Crippen LogP contribution in [0.1, 0.15) is 29.9 Å². The number of aliphatic carboxylic acids is 1. The molecule has 0 spiro atoms. The van der Waals surface area contributed by atoms with Gasteiger partial charge >= 0.3 is 5.97 Å². The minimum absolute atomic E-state index is 0.0131. The number of allylic oxidation sites excluding steroid dienone is 1. The maximum atomic E-state index is 10.9. The predicted octanol–water partition coefficient (Wildman–Crippen LogP) is 4.10. The maximum Gasteiger partial charge on any atom is 0.303 e. The van der Waals surface area contributed by atoms with E-state index in [9.17, 15) is 4.79 Å². The molecule has 0 fully saturated rings. The molecule has 5 heteroatoms. The van der Waals surface area contributed by atoms with Crippen LogP contribution in [0.2, 0.25) is 0 Å². The Kier molecular flexibility index (Phi) is 4.39. The van der Waals surface area contributed by atoms with Crippen LogP contribution in [0.15, 0.2) is 52.9 Å². The maximum absolute atomic E-state index is 10.9. The lowest BCUT2D eigenvalue weighted by atomic mass is 10.1. The molecule has 3 aromatic rings. The first-order chi connectivity index (χ1) is 11.7. The van der Waals surface area contributed by atoms with E-state index < -0.39 is 5.97 Å². The first kappa shape index (κ1) is 15.5. The van der Waals surface area contributed by atoms with Crippen LogP contribution >= 0.6 is 0 Å². The molecule has 0 saturated heterocycles. The zero-order valence-corrected chi connectivity index (χ0v) is 12.8. The third kappa shape index (κ3) is 3.50. The predicted molar refractivity (Wildman–Crippen MR) is 89.9 cm³/mol. The van der Waals surface area contributed by atoms with Crippen molar-refractivity contribution in [1.29, 1.82) is 5.26 Å². The smallest absolute Gasteiger partial charge is 0.303 e. The minimum Gasteiger partial charge on any atom is -0.481 e. The van der Waals surface area contributed by atoms with Crippen molar-refractivity contribution in [2.24, 2.45) is 0 Å². The molecule has 1 N–H and O–H groups in total. The van der Waals surface area contributed by atoms with Gasteiger partial charge in [0.2, 0.25) is 5.89 Å². The second-order valence-corrected chi connectivity index (χ2v) is 5.28. The molecule has 0 aliphatic heterocycles. The van der Waals surface area contributed by atoms with Gasteiger partial charge in [-0.15, -0.1) is 0 Å². The first-order valence-corrected chi connectivity index (χ1v) is 7.44. The summed E-state index contributed by atoms with van der Waals surface area (Å²) in [5.74, 6) is -0.460. The zero-order valence-electron chi connectivity index (χ0n) is 12.8. The molecule has 0 atom stereocenters. The van der Waals surface area contributed by atoms with E-state index in [2.05, 4.69) is 11.1 Å². The van der Waals surface area contributed by atoms with Crippen molar-refractivity contribution in [3.8, 4) is 6.07 Å². The molecule has 0 aliphatic carbocycles. The quantitative estimate of drug-likeness (QED) is 0.765. The molecular formula is C19H14N2O3. The van der Waals surface area contributed by atoms with Gasteiger partial charge in [0.1, 0.15) is 5.52 Å². The van der Waals surface area contributed by atoms with E-state index in [4.69, 9.17) is 14.8 Å². The van der Waals surface area contributed by atoms with Gasteiger partial charge in [0, 0.05) is 12.0 Å². The van der Waals surface area contributed by atoms with Gasteiger partial charge in [-0.25, -0.2) is 4.98 Å². The number of oxazole rings is 1. The Hall–Kier alpha value is -3.39. The number of hydrogen-bond acceptors (Lipinski definition) is 4. The lowest BCUT2D eigenvalue weighted by molar-refractivity contribution is -0.136. The highest BCUT2D eigenvalue weighted by molar-refractivity contribution is 5.83. The van der Waals surface area contributed by atoms with Crippen LogP contribution in [0.25, 0.3) is 22.7 Å². The summed E-state index contributed by atoms with van der Waals surface area (Å²) < 4.78 is 5.75. The number of para-hydroxylation sites is 2. The second kappa shape index (κ2) is 6.80. The molecule has 3 rings (SSSR count). The molecule has 0 amide bonds. The van der Waals surface area contributed by atoms with Crippen LogP contribution in [0, 0.1) is 11.3 Å². The van der Waals surface area contributed by atoms with Crippen molar-refractivity contribution in [3.05, 3.63) is 65.5 Å². The SMILES string of the molecule is N#Cc1ccc(/C=C(\CCC(=O)O)c2nc3ccccc3o2)cc1. The van der Waals surface area contributed by atoms with Crippen LogP contribution in [0.5, 0.6) is 0 Å². The summed E-state index contributed by atoms with van der Waals surface area (Å²) in [6.07, 6.45) is 2.14. The van der Waals surface area contributed by atoms with Gasteiger partial charge < -0.3 is 9.52 Å². The fourth-order valence-electron chi connectivity index (χ4n) is 2.35. The molecule has 0 radical (unpaired) electrons. The number of rotatable bonds is 5. The molecule has 0 saturated carbocycles. The standard InChI is InChI=1S/C19H14N2O3/c20-12-14-7-5-13(6-8-14)11-15(9-10-18(22)23)19-21-16-3-1-2-4-17(16)24-19/h1-8,11H,9-10H2,(H,22,23)/b15-11+. The highest BCUT2D eigenvalue weighted by Gasteiger charge is 2.12. The van der Waals surface area contributed by atoms with Gasteiger partial charge in [-0.2, -0.15) is 5.26 Å². The lowest BCUT2D eigenvalue weighted by Crippen LogP contribution is -1.96. The molecule has 1 aromatic heterocycles. The van der Waals surface area contributed by atoms with Crippen LogP contribution in [0.4, 0.5) is 0 Å². The number of nitrogens with zero attached hydrogens (tertiary/aromatic N) is 2. The number of fused-ring (bicyclic) bond motifs is 1. The lowest BCUT2D eigenvalue weighted by Gasteiger charge is -2.02. The van der Waals surface area contributed by atoms with E-state index in [0.29, 0.717) is 29.0 Å². The molecule has 24 heavy (non-hydrogen) atoms. The van der Waals surface area contributed by atoms with Crippen molar-refractivity contribution in [2.45, 2.75) is 12.8 Å². The fraction of sp³-hybridized carbons (Fsp3) is 0.105. The van der Waals surface area contributed by atoms with Crippen molar-refractivity contribution < 1.29 is 14.3 Å². The van der Waals surface area contributed by atoms with Crippen LogP contribution in [-0.4, -0.2) is 16.1 Å².